The summed E-state index contributed by atoms with van der Waals surface area (Å²) < 4.78 is 1.09. The Balaban J connectivity index is 1.58. The SMILES string of the molecule is N[C@@H]1CN(C(=O)CCc2cc(Br)cs2)C[C@H]1c1ccccc1. The molecule has 22 heavy (non-hydrogen) atoms. The van der Waals surface area contributed by atoms with Crippen LogP contribution < -0.4 is 5.73 Å². The number of nitrogens with zero attached hydrogens (tertiary/aromatic N) is 1. The van der Waals surface area contributed by atoms with E-state index in [2.05, 4.69) is 39.5 Å². The van der Waals surface area contributed by atoms with E-state index in [1.807, 2.05) is 23.1 Å². The zero-order chi connectivity index (χ0) is 15.5. The van der Waals surface area contributed by atoms with Crippen molar-refractivity contribution in [1.82, 2.24) is 4.90 Å². The van der Waals surface area contributed by atoms with Gasteiger partial charge in [0.15, 0.2) is 0 Å². The number of aryl methyl sites for hydroxylation is 1. The lowest BCUT2D eigenvalue weighted by atomic mass is 9.95. The lowest BCUT2D eigenvalue weighted by Gasteiger charge is -2.16. The van der Waals surface area contributed by atoms with Gasteiger partial charge < -0.3 is 10.6 Å². The maximum absolute atomic E-state index is 12.4. The fourth-order valence-electron chi connectivity index (χ4n) is 2.96. The van der Waals surface area contributed by atoms with Gasteiger partial charge in [0.2, 0.25) is 5.91 Å². The second kappa shape index (κ2) is 6.94. The molecule has 0 bridgehead atoms. The van der Waals surface area contributed by atoms with Crippen molar-refractivity contribution in [2.75, 3.05) is 13.1 Å². The zero-order valence-electron chi connectivity index (χ0n) is 12.2. The Labute approximate surface area is 143 Å². The summed E-state index contributed by atoms with van der Waals surface area (Å²) in [5.41, 5.74) is 7.48. The molecule has 0 radical (unpaired) electrons. The molecule has 2 heterocycles. The first-order chi connectivity index (χ1) is 10.6. The lowest BCUT2D eigenvalue weighted by molar-refractivity contribution is -0.130. The Kier molecular flexibility index (Phi) is 4.96. The Morgan fingerprint density at radius 1 is 1.32 bits per heavy atom. The van der Waals surface area contributed by atoms with Crippen LogP contribution in [0.5, 0.6) is 0 Å². The summed E-state index contributed by atoms with van der Waals surface area (Å²) in [7, 11) is 0. The van der Waals surface area contributed by atoms with E-state index in [0.717, 1.165) is 17.4 Å². The molecule has 116 valence electrons. The minimum Gasteiger partial charge on any atom is -0.340 e. The van der Waals surface area contributed by atoms with Gasteiger partial charge in [0.25, 0.3) is 0 Å². The number of likely N-dealkylation sites (tertiary alicyclic amines) is 1. The molecule has 2 atom stereocenters. The van der Waals surface area contributed by atoms with Gasteiger partial charge in [-0.1, -0.05) is 30.3 Å². The van der Waals surface area contributed by atoms with E-state index in [9.17, 15) is 4.79 Å². The Hall–Kier alpha value is -1.17. The lowest BCUT2D eigenvalue weighted by Crippen LogP contribution is -2.32. The van der Waals surface area contributed by atoms with Crippen LogP contribution in [-0.4, -0.2) is 29.9 Å². The van der Waals surface area contributed by atoms with Gasteiger partial charge in [-0.3, -0.25) is 4.79 Å². The van der Waals surface area contributed by atoms with Crippen molar-refractivity contribution < 1.29 is 4.79 Å². The minimum absolute atomic E-state index is 0.0298. The first kappa shape index (κ1) is 15.7. The van der Waals surface area contributed by atoms with E-state index in [1.165, 1.54) is 10.4 Å². The molecule has 2 aromatic rings. The minimum atomic E-state index is 0.0298. The Bertz CT molecular complexity index is 643. The number of carbonyl (C=O) groups is 1. The van der Waals surface area contributed by atoms with Crippen LogP contribution in [0, 0.1) is 0 Å². The van der Waals surface area contributed by atoms with Crippen LogP contribution in [0.2, 0.25) is 0 Å². The molecule has 1 saturated heterocycles. The van der Waals surface area contributed by atoms with Gasteiger partial charge in [0.05, 0.1) is 0 Å². The maximum Gasteiger partial charge on any atom is 0.223 e. The molecule has 1 amide bonds. The number of hydrogen-bond donors (Lipinski definition) is 1. The quantitative estimate of drug-likeness (QED) is 0.885. The number of thiophene rings is 1. The fourth-order valence-corrected chi connectivity index (χ4v) is 4.41. The molecule has 3 rings (SSSR count). The summed E-state index contributed by atoms with van der Waals surface area (Å²) >= 11 is 5.14. The van der Waals surface area contributed by atoms with E-state index in [1.54, 1.807) is 11.3 Å². The normalized spacial score (nSPS) is 21.3. The van der Waals surface area contributed by atoms with Crippen molar-refractivity contribution in [3.05, 3.63) is 56.7 Å². The molecule has 0 saturated carbocycles. The van der Waals surface area contributed by atoms with Crippen LogP contribution in [0.15, 0.2) is 46.3 Å². The molecule has 1 fully saturated rings. The first-order valence-corrected chi connectivity index (χ1v) is 9.12. The van der Waals surface area contributed by atoms with E-state index in [-0.39, 0.29) is 17.9 Å². The van der Waals surface area contributed by atoms with Gasteiger partial charge in [-0.2, -0.15) is 0 Å². The molecule has 1 aromatic carbocycles. The average Bonchev–Trinajstić information content (AvgIpc) is 3.12. The van der Waals surface area contributed by atoms with Crippen molar-refractivity contribution in [3.63, 3.8) is 0 Å². The molecule has 2 N–H and O–H groups in total. The van der Waals surface area contributed by atoms with Crippen molar-refractivity contribution >= 4 is 33.2 Å². The van der Waals surface area contributed by atoms with E-state index in [4.69, 9.17) is 5.73 Å². The molecule has 0 unspecified atom stereocenters. The molecule has 0 spiro atoms. The van der Waals surface area contributed by atoms with Crippen LogP contribution in [0.25, 0.3) is 0 Å². The van der Waals surface area contributed by atoms with Gasteiger partial charge in [0, 0.05) is 46.2 Å². The molecule has 3 nitrogen and oxygen atoms in total. The predicted molar refractivity (Wildman–Crippen MR) is 94.1 cm³/mol. The van der Waals surface area contributed by atoms with Gasteiger partial charge in [-0.25, -0.2) is 0 Å². The second-order valence-electron chi connectivity index (χ2n) is 5.71. The summed E-state index contributed by atoms with van der Waals surface area (Å²) in [6.07, 6.45) is 1.36. The maximum atomic E-state index is 12.4. The number of carbonyl (C=O) groups excluding carboxylic acids is 1. The van der Waals surface area contributed by atoms with E-state index < -0.39 is 0 Å². The Morgan fingerprint density at radius 2 is 2.09 bits per heavy atom. The predicted octanol–water partition coefficient (Wildman–Crippen LogP) is 3.40. The summed E-state index contributed by atoms with van der Waals surface area (Å²) in [5, 5.41) is 2.05. The number of rotatable bonds is 4. The third kappa shape index (κ3) is 3.59. The topological polar surface area (TPSA) is 46.3 Å². The number of benzene rings is 1. The molecule has 0 aliphatic carbocycles. The number of nitrogens with two attached hydrogens (primary N) is 1. The number of halogens is 1. The van der Waals surface area contributed by atoms with Crippen molar-refractivity contribution in [2.24, 2.45) is 5.73 Å². The van der Waals surface area contributed by atoms with Crippen LogP contribution >= 0.6 is 27.3 Å². The van der Waals surface area contributed by atoms with Gasteiger partial charge in [-0.05, 0) is 34.0 Å². The number of hydrogen-bond acceptors (Lipinski definition) is 3. The smallest absolute Gasteiger partial charge is 0.223 e. The molecule has 5 heteroatoms. The monoisotopic (exact) mass is 378 g/mol. The Morgan fingerprint density at radius 3 is 2.77 bits per heavy atom. The van der Waals surface area contributed by atoms with Crippen LogP contribution in [-0.2, 0) is 11.2 Å². The summed E-state index contributed by atoms with van der Waals surface area (Å²) in [4.78, 5) is 15.6. The zero-order valence-corrected chi connectivity index (χ0v) is 14.6. The standard InChI is InChI=1S/C17H19BrN2OS/c18-13-8-14(22-11-13)6-7-17(21)20-9-15(16(19)10-20)12-4-2-1-3-5-12/h1-5,8,11,15-16H,6-7,9-10,19H2/t15-,16+/m0/s1. The number of amides is 1. The average molecular weight is 379 g/mol. The molecule has 1 aliphatic rings. The third-order valence-corrected chi connectivity index (χ3v) is 5.91. The van der Waals surface area contributed by atoms with E-state index >= 15 is 0 Å². The summed E-state index contributed by atoms with van der Waals surface area (Å²) in [5.74, 6) is 0.458. The van der Waals surface area contributed by atoms with Crippen LogP contribution in [0.1, 0.15) is 22.8 Å². The van der Waals surface area contributed by atoms with Crippen LogP contribution in [0.3, 0.4) is 0 Å². The van der Waals surface area contributed by atoms with Crippen molar-refractivity contribution in [1.29, 1.82) is 0 Å². The highest BCUT2D eigenvalue weighted by atomic mass is 79.9. The summed E-state index contributed by atoms with van der Waals surface area (Å²) in [6.45, 7) is 1.39. The van der Waals surface area contributed by atoms with Crippen molar-refractivity contribution in [3.8, 4) is 0 Å². The van der Waals surface area contributed by atoms with E-state index in [0.29, 0.717) is 13.0 Å². The first-order valence-electron chi connectivity index (χ1n) is 7.44. The highest BCUT2D eigenvalue weighted by molar-refractivity contribution is 9.10. The largest absolute Gasteiger partial charge is 0.340 e. The van der Waals surface area contributed by atoms with Gasteiger partial charge >= 0.3 is 0 Å². The highest BCUT2D eigenvalue weighted by Crippen LogP contribution is 2.27. The molecular formula is C17H19BrN2OS. The summed E-state index contributed by atoms with van der Waals surface area (Å²) in [6, 6.07) is 12.4. The van der Waals surface area contributed by atoms with Crippen molar-refractivity contribution in [2.45, 2.75) is 24.8 Å². The molecular weight excluding hydrogens is 360 g/mol. The molecule has 1 aromatic heterocycles. The second-order valence-corrected chi connectivity index (χ2v) is 7.62. The fraction of sp³-hybridized carbons (Fsp3) is 0.353. The van der Waals surface area contributed by atoms with Gasteiger partial charge in [0.1, 0.15) is 0 Å². The van der Waals surface area contributed by atoms with Gasteiger partial charge in [-0.15, -0.1) is 11.3 Å². The highest BCUT2D eigenvalue weighted by Gasteiger charge is 2.33. The molecule has 1 aliphatic heterocycles. The third-order valence-electron chi connectivity index (χ3n) is 4.15. The van der Waals surface area contributed by atoms with Crippen LogP contribution in [0.4, 0.5) is 0 Å².